The molecule has 2 aliphatic rings. The van der Waals surface area contributed by atoms with Crippen LogP contribution in [0.3, 0.4) is 0 Å². The minimum atomic E-state index is -4.93. The molecule has 1 aliphatic heterocycles. The molecule has 1 aromatic heterocycles. The van der Waals surface area contributed by atoms with E-state index in [1.165, 1.54) is 11.8 Å². The maximum absolute atomic E-state index is 13.6. The van der Waals surface area contributed by atoms with Crippen LogP contribution in [0.15, 0.2) is 24.4 Å². The summed E-state index contributed by atoms with van der Waals surface area (Å²) in [4.78, 5) is 14.8. The van der Waals surface area contributed by atoms with Gasteiger partial charge in [0.15, 0.2) is 11.6 Å². The van der Waals surface area contributed by atoms with Crippen molar-refractivity contribution in [3.63, 3.8) is 0 Å². The summed E-state index contributed by atoms with van der Waals surface area (Å²) in [6.07, 6.45) is -8.07. The van der Waals surface area contributed by atoms with Gasteiger partial charge in [0.25, 0.3) is 0 Å². The van der Waals surface area contributed by atoms with Crippen LogP contribution in [0.5, 0.6) is 0 Å². The first kappa shape index (κ1) is 25.4. The van der Waals surface area contributed by atoms with Crippen LogP contribution < -0.4 is 5.32 Å². The van der Waals surface area contributed by atoms with Gasteiger partial charge in [-0.25, -0.2) is 4.79 Å². The van der Waals surface area contributed by atoms with E-state index in [1.807, 2.05) is 6.92 Å². The number of anilines is 1. The van der Waals surface area contributed by atoms with Gasteiger partial charge >= 0.3 is 18.4 Å². The smallest absolute Gasteiger partial charge is 0.428 e. The number of fused-ring (bicyclic) bond motifs is 2. The van der Waals surface area contributed by atoms with E-state index in [1.54, 1.807) is 0 Å². The fourth-order valence-electron chi connectivity index (χ4n) is 4.92. The topological polar surface area (TPSA) is 120 Å². The van der Waals surface area contributed by atoms with E-state index in [2.05, 4.69) is 15.5 Å². The summed E-state index contributed by atoms with van der Waals surface area (Å²) in [5.41, 5.74) is -4.83. The molecule has 4 rings (SSSR count). The molecule has 2 amide bonds. The van der Waals surface area contributed by atoms with Crippen LogP contribution in [0.4, 0.5) is 36.8 Å². The molecule has 194 valence electrons. The summed E-state index contributed by atoms with van der Waals surface area (Å²) in [6.45, 7) is 3.30. The van der Waals surface area contributed by atoms with Crippen LogP contribution in [-0.4, -0.2) is 49.3 Å². The maximum atomic E-state index is 13.6. The number of nitrogens with zero attached hydrogens (tertiary/aromatic N) is 4. The lowest BCUT2D eigenvalue weighted by Crippen LogP contribution is -2.75. The van der Waals surface area contributed by atoms with Gasteiger partial charge in [-0.3, -0.25) is 10.8 Å². The van der Waals surface area contributed by atoms with Crippen molar-refractivity contribution in [3.05, 3.63) is 35.7 Å². The largest absolute Gasteiger partial charge is 0.436 e. The highest BCUT2D eigenvalue weighted by Gasteiger charge is 2.62. The SMILES string of the molecule is CC(=N)OC(=N)C12CC(C[C@@H](C)C1)N2C(=O)Nc1ccc(C(F)(F)F)c(-n2ncc(C(F)(F)F)n2)c1. The average molecular weight is 517 g/mol. The fraction of sp³-hybridized carbons (Fsp3) is 0.476. The van der Waals surface area contributed by atoms with Crippen LogP contribution in [0, 0.1) is 16.7 Å². The standard InChI is InChI=1S/C21H21F6N7O2/c1-10-5-13-8-19(7-10,17(29)36-11(2)28)33(13)18(35)31-12-3-4-14(20(22,23)24)15(6-12)34-30-9-16(32-34)21(25,26)27/h3-4,6,9-10,13,28-29H,5,7-8H2,1-2H3,(H,31,35)/t10-,13?,19?/m1/s1. The number of rotatable bonds is 3. The van der Waals surface area contributed by atoms with Crippen molar-refractivity contribution in [1.82, 2.24) is 19.9 Å². The number of benzene rings is 1. The van der Waals surface area contributed by atoms with Crippen molar-refractivity contribution in [2.45, 2.75) is 57.0 Å². The van der Waals surface area contributed by atoms with Gasteiger partial charge in [0.05, 0.1) is 17.4 Å². The molecule has 0 spiro atoms. The van der Waals surface area contributed by atoms with Gasteiger partial charge in [0.1, 0.15) is 5.54 Å². The quantitative estimate of drug-likeness (QED) is 0.299. The lowest BCUT2D eigenvalue weighted by atomic mass is 9.64. The highest BCUT2D eigenvalue weighted by molar-refractivity contribution is 6.00. The molecule has 1 aliphatic carbocycles. The van der Waals surface area contributed by atoms with Crippen molar-refractivity contribution in [3.8, 4) is 5.69 Å². The summed E-state index contributed by atoms with van der Waals surface area (Å²) in [6, 6.07) is 1.44. The Morgan fingerprint density at radius 2 is 1.86 bits per heavy atom. The number of aromatic nitrogens is 3. The van der Waals surface area contributed by atoms with Crippen molar-refractivity contribution in [1.29, 1.82) is 10.8 Å². The van der Waals surface area contributed by atoms with Gasteiger partial charge in [-0.15, -0.1) is 5.10 Å². The Bertz CT molecular complexity index is 1220. The van der Waals surface area contributed by atoms with Crippen molar-refractivity contribution in [2.75, 3.05) is 5.32 Å². The lowest BCUT2D eigenvalue weighted by Gasteiger charge is -2.62. The molecule has 15 heteroatoms. The Morgan fingerprint density at radius 3 is 2.44 bits per heavy atom. The number of alkyl halides is 6. The minimum absolute atomic E-state index is 0.141. The number of likely N-dealkylation sites (tertiary alicyclic amines) is 1. The van der Waals surface area contributed by atoms with Gasteiger partial charge in [0, 0.05) is 25.1 Å². The number of hydrogen-bond acceptors (Lipinski definition) is 6. The lowest BCUT2D eigenvalue weighted by molar-refractivity contribution is -0.141. The van der Waals surface area contributed by atoms with Crippen molar-refractivity contribution in [2.24, 2.45) is 5.92 Å². The zero-order chi connectivity index (χ0) is 26.6. The number of hydrogen-bond donors (Lipinski definition) is 3. The number of nitrogens with one attached hydrogen (secondary N) is 3. The molecule has 0 radical (unpaired) electrons. The van der Waals surface area contributed by atoms with E-state index >= 15 is 0 Å². The maximum Gasteiger partial charge on any atom is 0.436 e. The molecule has 1 saturated carbocycles. The van der Waals surface area contributed by atoms with Crippen LogP contribution in [-0.2, 0) is 17.1 Å². The minimum Gasteiger partial charge on any atom is -0.428 e. The molecule has 1 saturated heterocycles. The van der Waals surface area contributed by atoms with Crippen LogP contribution in [0.2, 0.25) is 0 Å². The Labute approximate surface area is 200 Å². The van der Waals surface area contributed by atoms with Gasteiger partial charge in [0.2, 0.25) is 5.90 Å². The Kier molecular flexibility index (Phi) is 5.99. The van der Waals surface area contributed by atoms with Gasteiger partial charge in [-0.1, -0.05) is 6.92 Å². The molecule has 3 atom stereocenters. The van der Waals surface area contributed by atoms with E-state index in [4.69, 9.17) is 15.6 Å². The van der Waals surface area contributed by atoms with Gasteiger partial charge in [-0.05, 0) is 37.0 Å². The first-order valence-corrected chi connectivity index (χ1v) is 10.8. The van der Waals surface area contributed by atoms with Crippen molar-refractivity contribution < 1.29 is 35.9 Å². The summed E-state index contributed by atoms with van der Waals surface area (Å²) in [5, 5.41) is 24.7. The van der Waals surface area contributed by atoms with Crippen LogP contribution in [0.1, 0.15) is 44.4 Å². The highest BCUT2D eigenvalue weighted by Crippen LogP contribution is 2.51. The molecule has 9 nitrogen and oxygen atoms in total. The number of urea groups is 1. The van der Waals surface area contributed by atoms with E-state index in [9.17, 15) is 31.1 Å². The Morgan fingerprint density at radius 1 is 1.17 bits per heavy atom. The monoisotopic (exact) mass is 517 g/mol. The molecule has 3 N–H and O–H groups in total. The number of ether oxygens (including phenoxy) is 1. The molecule has 36 heavy (non-hydrogen) atoms. The highest BCUT2D eigenvalue weighted by atomic mass is 19.4. The van der Waals surface area contributed by atoms with E-state index in [-0.39, 0.29) is 34.2 Å². The summed E-state index contributed by atoms with van der Waals surface area (Å²) in [5.74, 6) is -0.343. The summed E-state index contributed by atoms with van der Waals surface area (Å²) >= 11 is 0. The van der Waals surface area contributed by atoms with E-state index < -0.39 is 40.9 Å². The Balaban J connectivity index is 1.65. The zero-order valence-electron chi connectivity index (χ0n) is 19.0. The second-order valence-electron chi connectivity index (χ2n) is 8.97. The van der Waals surface area contributed by atoms with E-state index in [0.717, 1.165) is 12.1 Å². The number of halogens is 6. The summed E-state index contributed by atoms with van der Waals surface area (Å²) in [7, 11) is 0. The molecule has 1 aromatic carbocycles. The summed E-state index contributed by atoms with van der Waals surface area (Å²) < 4.78 is 84.6. The third-order valence-electron chi connectivity index (χ3n) is 6.21. The molecule has 2 heterocycles. The Hall–Kier alpha value is -3.65. The van der Waals surface area contributed by atoms with Gasteiger partial charge < -0.3 is 15.0 Å². The zero-order valence-corrected chi connectivity index (χ0v) is 19.0. The van der Waals surface area contributed by atoms with Crippen LogP contribution >= 0.6 is 0 Å². The number of carbonyl (C=O) groups excluding carboxylic acids is 1. The number of carbonyl (C=O) groups is 1. The van der Waals surface area contributed by atoms with Gasteiger partial charge in [-0.2, -0.15) is 36.2 Å². The molecular weight excluding hydrogens is 496 g/mol. The molecule has 2 aromatic rings. The number of piperidine rings is 1. The molecule has 2 bridgehead atoms. The second kappa shape index (κ2) is 8.48. The van der Waals surface area contributed by atoms with E-state index in [0.29, 0.717) is 31.5 Å². The third kappa shape index (κ3) is 4.48. The fourth-order valence-corrected chi connectivity index (χ4v) is 4.92. The number of amides is 2. The normalized spacial score (nSPS) is 23.6. The molecule has 2 fully saturated rings. The molecule has 2 unspecified atom stereocenters. The first-order valence-electron chi connectivity index (χ1n) is 10.8. The molecular formula is C21H21F6N7O2. The third-order valence-corrected chi connectivity index (χ3v) is 6.21. The average Bonchev–Trinajstić information content (AvgIpc) is 3.22. The van der Waals surface area contributed by atoms with Crippen LogP contribution in [0.25, 0.3) is 5.69 Å². The van der Waals surface area contributed by atoms with Crippen molar-refractivity contribution >= 4 is 23.5 Å². The predicted molar refractivity (Wildman–Crippen MR) is 114 cm³/mol. The second-order valence-corrected chi connectivity index (χ2v) is 8.97. The first-order chi connectivity index (χ1) is 16.6. The predicted octanol–water partition coefficient (Wildman–Crippen LogP) is 5.07.